The van der Waals surface area contributed by atoms with Crippen LogP contribution in [0.1, 0.15) is 46.0 Å². The second-order valence-corrected chi connectivity index (χ2v) is 3.92. The minimum atomic E-state index is 0.832. The quantitative estimate of drug-likeness (QED) is 0.660. The summed E-state index contributed by atoms with van der Waals surface area (Å²) in [6, 6.07) is 0.832. The summed E-state index contributed by atoms with van der Waals surface area (Å²) in [7, 11) is 0. The summed E-state index contributed by atoms with van der Waals surface area (Å²) in [5.41, 5.74) is 0. The average molecular weight is 155 g/mol. The molecule has 0 aromatic heterocycles. The van der Waals surface area contributed by atoms with Crippen molar-refractivity contribution < 1.29 is 0 Å². The second kappa shape index (κ2) is 4.76. The molecular formula is C10H21N. The third-order valence-corrected chi connectivity index (χ3v) is 2.66. The zero-order valence-electron chi connectivity index (χ0n) is 7.90. The van der Waals surface area contributed by atoms with Crippen molar-refractivity contribution in [2.24, 2.45) is 5.92 Å². The Morgan fingerprint density at radius 1 is 1.45 bits per heavy atom. The Labute approximate surface area is 70.6 Å². The van der Waals surface area contributed by atoms with Gasteiger partial charge in [-0.1, -0.05) is 26.7 Å². The molecule has 66 valence electrons. The van der Waals surface area contributed by atoms with Gasteiger partial charge >= 0.3 is 0 Å². The van der Waals surface area contributed by atoms with Crippen molar-refractivity contribution in [3.63, 3.8) is 0 Å². The summed E-state index contributed by atoms with van der Waals surface area (Å²) in [5, 5.41) is 3.58. The van der Waals surface area contributed by atoms with Crippen molar-refractivity contribution >= 4 is 0 Å². The molecule has 2 unspecified atom stereocenters. The lowest BCUT2D eigenvalue weighted by Crippen LogP contribution is -2.37. The highest BCUT2D eigenvalue weighted by molar-refractivity contribution is 4.75. The summed E-state index contributed by atoms with van der Waals surface area (Å²) in [4.78, 5) is 0. The molecule has 1 nitrogen and oxygen atoms in total. The van der Waals surface area contributed by atoms with Crippen molar-refractivity contribution in [1.29, 1.82) is 0 Å². The van der Waals surface area contributed by atoms with Crippen LogP contribution in [0.3, 0.4) is 0 Å². The Kier molecular flexibility index (Phi) is 3.92. The molecule has 1 fully saturated rings. The predicted octanol–water partition coefficient (Wildman–Crippen LogP) is 2.56. The number of unbranched alkanes of at least 4 members (excludes halogenated alkanes) is 1. The first-order valence-corrected chi connectivity index (χ1v) is 5.06. The van der Waals surface area contributed by atoms with E-state index in [1.165, 1.54) is 38.6 Å². The lowest BCUT2D eigenvalue weighted by molar-refractivity contribution is 0.303. The SMILES string of the molecule is CCCCC1CC(C)CCN1. The molecule has 1 heterocycles. The Bertz CT molecular complexity index is 101. The van der Waals surface area contributed by atoms with Gasteiger partial charge in [-0.25, -0.2) is 0 Å². The van der Waals surface area contributed by atoms with Crippen molar-refractivity contribution in [1.82, 2.24) is 5.32 Å². The minimum Gasteiger partial charge on any atom is -0.314 e. The molecule has 1 heteroatoms. The van der Waals surface area contributed by atoms with Crippen LogP contribution in [0.5, 0.6) is 0 Å². The number of piperidine rings is 1. The topological polar surface area (TPSA) is 12.0 Å². The van der Waals surface area contributed by atoms with Gasteiger partial charge in [0, 0.05) is 6.04 Å². The van der Waals surface area contributed by atoms with Gasteiger partial charge in [0.1, 0.15) is 0 Å². The maximum Gasteiger partial charge on any atom is 0.00696 e. The average Bonchev–Trinajstić information content (AvgIpc) is 2.01. The maximum atomic E-state index is 3.58. The van der Waals surface area contributed by atoms with Gasteiger partial charge in [-0.05, 0) is 31.7 Å². The third-order valence-electron chi connectivity index (χ3n) is 2.66. The van der Waals surface area contributed by atoms with Crippen molar-refractivity contribution in [2.75, 3.05) is 6.54 Å². The fourth-order valence-electron chi connectivity index (χ4n) is 1.89. The van der Waals surface area contributed by atoms with E-state index in [9.17, 15) is 0 Å². The van der Waals surface area contributed by atoms with Gasteiger partial charge in [0.05, 0.1) is 0 Å². The normalized spacial score (nSPS) is 32.2. The molecule has 1 N–H and O–H groups in total. The van der Waals surface area contributed by atoms with E-state index in [1.807, 2.05) is 0 Å². The third kappa shape index (κ3) is 3.24. The van der Waals surface area contributed by atoms with E-state index in [4.69, 9.17) is 0 Å². The van der Waals surface area contributed by atoms with Gasteiger partial charge in [0.25, 0.3) is 0 Å². The Balaban J connectivity index is 2.12. The molecule has 0 radical (unpaired) electrons. The molecule has 0 amide bonds. The van der Waals surface area contributed by atoms with Gasteiger partial charge in [0.15, 0.2) is 0 Å². The molecule has 11 heavy (non-hydrogen) atoms. The van der Waals surface area contributed by atoms with Crippen molar-refractivity contribution in [3.05, 3.63) is 0 Å². The first-order valence-electron chi connectivity index (χ1n) is 5.06. The molecule has 1 saturated heterocycles. The predicted molar refractivity (Wildman–Crippen MR) is 49.7 cm³/mol. The molecule has 1 aliphatic heterocycles. The summed E-state index contributed by atoms with van der Waals surface area (Å²) < 4.78 is 0. The molecule has 0 aromatic rings. The van der Waals surface area contributed by atoms with Gasteiger partial charge in [-0.2, -0.15) is 0 Å². The summed E-state index contributed by atoms with van der Waals surface area (Å²) >= 11 is 0. The first-order chi connectivity index (χ1) is 5.33. The molecule has 1 aliphatic rings. The summed E-state index contributed by atoms with van der Waals surface area (Å²) in [5.74, 6) is 0.957. The number of hydrogen-bond donors (Lipinski definition) is 1. The Morgan fingerprint density at radius 2 is 2.27 bits per heavy atom. The van der Waals surface area contributed by atoms with Crippen LogP contribution >= 0.6 is 0 Å². The molecule has 0 aromatic carbocycles. The van der Waals surface area contributed by atoms with E-state index in [1.54, 1.807) is 0 Å². The Morgan fingerprint density at radius 3 is 2.91 bits per heavy atom. The molecule has 0 aliphatic carbocycles. The maximum absolute atomic E-state index is 3.58. The highest BCUT2D eigenvalue weighted by Crippen LogP contribution is 2.18. The van der Waals surface area contributed by atoms with E-state index in [2.05, 4.69) is 19.2 Å². The van der Waals surface area contributed by atoms with Crippen LogP contribution in [-0.2, 0) is 0 Å². The molecule has 1 rings (SSSR count). The van der Waals surface area contributed by atoms with Gasteiger partial charge in [-0.15, -0.1) is 0 Å². The van der Waals surface area contributed by atoms with Gasteiger partial charge in [-0.3, -0.25) is 0 Å². The van der Waals surface area contributed by atoms with E-state index in [0.29, 0.717) is 0 Å². The first kappa shape index (κ1) is 9.05. The monoisotopic (exact) mass is 155 g/mol. The zero-order valence-corrected chi connectivity index (χ0v) is 7.90. The number of rotatable bonds is 3. The second-order valence-electron chi connectivity index (χ2n) is 3.92. The Hall–Kier alpha value is -0.0400. The highest BCUT2D eigenvalue weighted by Gasteiger charge is 2.16. The van der Waals surface area contributed by atoms with Crippen LogP contribution in [0.4, 0.5) is 0 Å². The summed E-state index contributed by atoms with van der Waals surface area (Å²) in [6.45, 7) is 5.89. The van der Waals surface area contributed by atoms with Crippen LogP contribution in [-0.4, -0.2) is 12.6 Å². The fraction of sp³-hybridized carbons (Fsp3) is 1.00. The van der Waals surface area contributed by atoms with Gasteiger partial charge in [0.2, 0.25) is 0 Å². The molecule has 2 atom stereocenters. The zero-order chi connectivity index (χ0) is 8.10. The van der Waals surface area contributed by atoms with E-state index >= 15 is 0 Å². The fourth-order valence-corrected chi connectivity index (χ4v) is 1.89. The molecular weight excluding hydrogens is 134 g/mol. The standard InChI is InChI=1S/C10H21N/c1-3-4-5-10-8-9(2)6-7-11-10/h9-11H,3-8H2,1-2H3. The van der Waals surface area contributed by atoms with Gasteiger partial charge < -0.3 is 5.32 Å². The van der Waals surface area contributed by atoms with E-state index in [-0.39, 0.29) is 0 Å². The van der Waals surface area contributed by atoms with Crippen molar-refractivity contribution in [3.8, 4) is 0 Å². The molecule has 0 spiro atoms. The van der Waals surface area contributed by atoms with E-state index in [0.717, 1.165) is 12.0 Å². The lowest BCUT2D eigenvalue weighted by atomic mass is 9.92. The van der Waals surface area contributed by atoms with Crippen LogP contribution in [0.15, 0.2) is 0 Å². The highest BCUT2D eigenvalue weighted by atomic mass is 14.9. The number of nitrogens with one attached hydrogen (secondary N) is 1. The largest absolute Gasteiger partial charge is 0.314 e. The number of hydrogen-bond acceptors (Lipinski definition) is 1. The van der Waals surface area contributed by atoms with Crippen molar-refractivity contribution in [2.45, 2.75) is 52.0 Å². The summed E-state index contributed by atoms with van der Waals surface area (Å²) in [6.07, 6.45) is 6.90. The smallest absolute Gasteiger partial charge is 0.00696 e. The molecule has 0 bridgehead atoms. The van der Waals surface area contributed by atoms with Crippen LogP contribution in [0.25, 0.3) is 0 Å². The van der Waals surface area contributed by atoms with Crippen LogP contribution < -0.4 is 5.32 Å². The lowest BCUT2D eigenvalue weighted by Gasteiger charge is -2.28. The van der Waals surface area contributed by atoms with Crippen LogP contribution in [0, 0.1) is 5.92 Å². The van der Waals surface area contributed by atoms with E-state index < -0.39 is 0 Å². The van der Waals surface area contributed by atoms with Crippen LogP contribution in [0.2, 0.25) is 0 Å². The molecule has 0 saturated carbocycles. The minimum absolute atomic E-state index is 0.832.